The SMILES string of the molecule is CC(=O)NCc1ccc(C(=O)CSc2nnc(-c3ccco3)n2C2CCCCC2)cc1. The molecule has 7 nitrogen and oxygen atoms in total. The Morgan fingerprint density at radius 2 is 1.90 bits per heavy atom. The highest BCUT2D eigenvalue weighted by molar-refractivity contribution is 7.99. The van der Waals surface area contributed by atoms with Crippen molar-refractivity contribution < 1.29 is 14.0 Å². The molecule has 0 spiro atoms. The van der Waals surface area contributed by atoms with E-state index >= 15 is 0 Å². The molecule has 31 heavy (non-hydrogen) atoms. The van der Waals surface area contributed by atoms with Crippen molar-refractivity contribution in [2.45, 2.75) is 56.8 Å². The van der Waals surface area contributed by atoms with Crippen LogP contribution in [0.5, 0.6) is 0 Å². The number of amides is 1. The van der Waals surface area contributed by atoms with E-state index in [0.29, 0.717) is 23.9 Å². The first-order valence-corrected chi connectivity index (χ1v) is 11.6. The molecule has 1 fully saturated rings. The Labute approximate surface area is 185 Å². The molecule has 0 unspecified atom stereocenters. The highest BCUT2D eigenvalue weighted by Gasteiger charge is 2.25. The van der Waals surface area contributed by atoms with Crippen molar-refractivity contribution >= 4 is 23.5 Å². The quantitative estimate of drug-likeness (QED) is 0.407. The van der Waals surface area contributed by atoms with E-state index in [9.17, 15) is 9.59 Å². The van der Waals surface area contributed by atoms with Crippen LogP contribution in [0.1, 0.15) is 61.0 Å². The summed E-state index contributed by atoms with van der Waals surface area (Å²) in [5, 5.41) is 12.3. The van der Waals surface area contributed by atoms with Crippen LogP contribution in [-0.2, 0) is 11.3 Å². The lowest BCUT2D eigenvalue weighted by Gasteiger charge is -2.25. The minimum atomic E-state index is -0.0763. The van der Waals surface area contributed by atoms with Crippen LogP contribution in [0.2, 0.25) is 0 Å². The fourth-order valence-corrected chi connectivity index (χ4v) is 4.77. The van der Waals surface area contributed by atoms with Crippen LogP contribution in [0.25, 0.3) is 11.6 Å². The molecular weight excluding hydrogens is 412 g/mol. The maximum absolute atomic E-state index is 12.8. The summed E-state index contributed by atoms with van der Waals surface area (Å²) in [7, 11) is 0. The molecule has 0 radical (unpaired) electrons. The van der Waals surface area contributed by atoms with E-state index in [2.05, 4.69) is 20.1 Å². The van der Waals surface area contributed by atoms with Crippen molar-refractivity contribution in [1.82, 2.24) is 20.1 Å². The van der Waals surface area contributed by atoms with Gasteiger partial charge in [0, 0.05) is 25.1 Å². The topological polar surface area (TPSA) is 90.0 Å². The third-order valence-corrected chi connectivity index (χ3v) is 6.44. The first kappa shape index (κ1) is 21.4. The van der Waals surface area contributed by atoms with Gasteiger partial charge in [-0.2, -0.15) is 0 Å². The lowest BCUT2D eigenvalue weighted by atomic mass is 9.95. The fraction of sp³-hybridized carbons (Fsp3) is 0.391. The molecule has 1 aliphatic carbocycles. The zero-order valence-corrected chi connectivity index (χ0v) is 18.4. The summed E-state index contributed by atoms with van der Waals surface area (Å²) >= 11 is 1.42. The van der Waals surface area contributed by atoms with Crippen molar-refractivity contribution in [3.8, 4) is 11.6 Å². The summed E-state index contributed by atoms with van der Waals surface area (Å²) < 4.78 is 7.74. The Bertz CT molecular complexity index is 1020. The van der Waals surface area contributed by atoms with Gasteiger partial charge in [0.05, 0.1) is 12.0 Å². The monoisotopic (exact) mass is 438 g/mol. The zero-order valence-electron chi connectivity index (χ0n) is 17.5. The molecule has 8 heteroatoms. The molecule has 1 amide bonds. The van der Waals surface area contributed by atoms with E-state index in [-0.39, 0.29) is 17.4 Å². The van der Waals surface area contributed by atoms with Gasteiger partial charge in [-0.25, -0.2) is 0 Å². The Balaban J connectivity index is 1.46. The van der Waals surface area contributed by atoms with Crippen molar-refractivity contribution in [2.24, 2.45) is 0 Å². The molecule has 2 heterocycles. The maximum Gasteiger partial charge on any atom is 0.217 e. The first-order chi connectivity index (χ1) is 15.1. The van der Waals surface area contributed by atoms with Crippen LogP contribution in [-0.4, -0.2) is 32.2 Å². The largest absolute Gasteiger partial charge is 0.461 e. The summed E-state index contributed by atoms with van der Waals surface area (Å²) in [6.45, 7) is 1.94. The second-order valence-electron chi connectivity index (χ2n) is 7.76. The van der Waals surface area contributed by atoms with Gasteiger partial charge >= 0.3 is 0 Å². The molecule has 0 aliphatic heterocycles. The van der Waals surface area contributed by atoms with Gasteiger partial charge in [0.25, 0.3) is 0 Å². The summed E-state index contributed by atoms with van der Waals surface area (Å²) in [5.41, 5.74) is 1.61. The summed E-state index contributed by atoms with van der Waals surface area (Å²) in [6.07, 6.45) is 7.45. The molecule has 0 saturated heterocycles. The van der Waals surface area contributed by atoms with Crippen molar-refractivity contribution in [3.63, 3.8) is 0 Å². The van der Waals surface area contributed by atoms with E-state index in [1.807, 2.05) is 24.3 Å². The molecule has 4 rings (SSSR count). The lowest BCUT2D eigenvalue weighted by molar-refractivity contribution is -0.119. The Hall–Kier alpha value is -2.87. The highest BCUT2D eigenvalue weighted by Crippen LogP contribution is 2.35. The lowest BCUT2D eigenvalue weighted by Crippen LogP contribution is -2.18. The summed E-state index contributed by atoms with van der Waals surface area (Å²) in [4.78, 5) is 23.8. The van der Waals surface area contributed by atoms with Crippen molar-refractivity contribution in [2.75, 3.05) is 5.75 Å². The van der Waals surface area contributed by atoms with Crippen molar-refractivity contribution in [3.05, 3.63) is 53.8 Å². The maximum atomic E-state index is 12.8. The van der Waals surface area contributed by atoms with Crippen LogP contribution in [0.15, 0.2) is 52.2 Å². The predicted octanol–water partition coefficient (Wildman–Crippen LogP) is 4.65. The van der Waals surface area contributed by atoms with Gasteiger partial charge < -0.3 is 9.73 Å². The molecule has 0 bridgehead atoms. The van der Waals surface area contributed by atoms with Crippen LogP contribution in [0, 0.1) is 0 Å². The normalized spacial score (nSPS) is 14.5. The Morgan fingerprint density at radius 1 is 1.13 bits per heavy atom. The van der Waals surface area contributed by atoms with E-state index in [0.717, 1.165) is 29.4 Å². The van der Waals surface area contributed by atoms with Crippen LogP contribution in [0.4, 0.5) is 0 Å². The van der Waals surface area contributed by atoms with Crippen molar-refractivity contribution in [1.29, 1.82) is 0 Å². The van der Waals surface area contributed by atoms with Crippen LogP contribution < -0.4 is 5.32 Å². The molecule has 3 aromatic rings. The number of rotatable bonds is 8. The average molecular weight is 439 g/mol. The number of thioether (sulfide) groups is 1. The Morgan fingerprint density at radius 3 is 2.58 bits per heavy atom. The molecule has 2 aromatic heterocycles. The fourth-order valence-electron chi connectivity index (χ4n) is 3.87. The van der Waals surface area contributed by atoms with Gasteiger partial charge in [-0.15, -0.1) is 10.2 Å². The number of hydrogen-bond acceptors (Lipinski definition) is 6. The number of ketones is 1. The van der Waals surface area contributed by atoms with Gasteiger partial charge in [-0.1, -0.05) is 55.3 Å². The van der Waals surface area contributed by atoms with E-state index in [4.69, 9.17) is 4.42 Å². The number of benzene rings is 1. The number of Topliss-reactive ketones (excluding diaryl/α,β-unsaturated/α-hetero) is 1. The van der Waals surface area contributed by atoms with E-state index < -0.39 is 0 Å². The minimum Gasteiger partial charge on any atom is -0.461 e. The molecule has 0 atom stereocenters. The van der Waals surface area contributed by atoms with E-state index in [1.165, 1.54) is 37.9 Å². The zero-order chi connectivity index (χ0) is 21.6. The van der Waals surface area contributed by atoms with Crippen LogP contribution >= 0.6 is 11.8 Å². The smallest absolute Gasteiger partial charge is 0.217 e. The number of aromatic nitrogens is 3. The molecule has 1 N–H and O–H groups in total. The number of nitrogens with one attached hydrogen (secondary N) is 1. The highest BCUT2D eigenvalue weighted by atomic mass is 32.2. The van der Waals surface area contributed by atoms with Gasteiger partial charge in [-0.3, -0.25) is 14.2 Å². The number of carbonyl (C=O) groups is 2. The molecule has 162 valence electrons. The number of nitrogens with zero attached hydrogens (tertiary/aromatic N) is 3. The number of hydrogen-bond donors (Lipinski definition) is 1. The second kappa shape index (κ2) is 9.96. The number of carbonyl (C=O) groups excluding carboxylic acids is 2. The van der Waals surface area contributed by atoms with Gasteiger partial charge in [0.2, 0.25) is 11.7 Å². The first-order valence-electron chi connectivity index (χ1n) is 10.6. The number of furan rings is 1. The van der Waals surface area contributed by atoms with Crippen LogP contribution in [0.3, 0.4) is 0 Å². The summed E-state index contributed by atoms with van der Waals surface area (Å²) in [5.74, 6) is 1.68. The van der Waals surface area contributed by atoms with Gasteiger partial charge in [0.1, 0.15) is 0 Å². The molecule has 1 aliphatic rings. The van der Waals surface area contributed by atoms with Gasteiger partial charge in [0.15, 0.2) is 16.7 Å². The Kier molecular flexibility index (Phi) is 6.86. The van der Waals surface area contributed by atoms with Gasteiger partial charge in [-0.05, 0) is 30.5 Å². The molecule has 1 aromatic carbocycles. The third kappa shape index (κ3) is 5.25. The second-order valence-corrected chi connectivity index (χ2v) is 8.71. The predicted molar refractivity (Wildman–Crippen MR) is 119 cm³/mol. The molecular formula is C23H26N4O3S. The van der Waals surface area contributed by atoms with E-state index in [1.54, 1.807) is 18.4 Å². The average Bonchev–Trinajstić information content (AvgIpc) is 3.46. The third-order valence-electron chi connectivity index (χ3n) is 5.50. The standard InChI is InChI=1S/C23H26N4O3S/c1-16(28)24-14-17-9-11-18(12-10-17)20(29)15-31-23-26-25-22(21-8-5-13-30-21)27(23)19-6-3-2-4-7-19/h5,8-13,19H,2-4,6-7,14-15H2,1H3,(H,24,28). The molecule has 1 saturated carbocycles. The summed E-state index contributed by atoms with van der Waals surface area (Å²) in [6, 6.07) is 11.4. The minimum absolute atomic E-state index is 0.0359.